The second-order valence-corrected chi connectivity index (χ2v) is 4.97. The first-order valence-electron chi connectivity index (χ1n) is 6.00. The number of carbonyl (C=O) groups is 1. The van der Waals surface area contributed by atoms with Crippen LogP contribution in [0, 0.1) is 0 Å². The molecule has 96 valence electrons. The Morgan fingerprint density at radius 2 is 1.88 bits per heavy atom. The molecule has 2 unspecified atom stereocenters. The van der Waals surface area contributed by atoms with Gasteiger partial charge in [-0.2, -0.15) is 0 Å². The lowest BCUT2D eigenvalue weighted by atomic mass is 9.97. The fourth-order valence-corrected chi connectivity index (χ4v) is 1.76. The van der Waals surface area contributed by atoms with Crippen LogP contribution in [0.4, 0.5) is 0 Å². The van der Waals surface area contributed by atoms with Crippen LogP contribution in [0.15, 0.2) is 0 Å². The summed E-state index contributed by atoms with van der Waals surface area (Å²) >= 11 is 0. The lowest BCUT2D eigenvalue weighted by Crippen LogP contribution is -2.56. The molecule has 0 radical (unpaired) electrons. The zero-order chi connectivity index (χ0) is 12.9. The standard InChI is InChI=1S/C12H27N3O/c1-7-12(4,13)11(16)15(8-2)10(3)9-14(5)6/h10H,7-9,13H2,1-6H3. The molecule has 2 atom stereocenters. The predicted octanol–water partition coefficient (Wildman–Crippen LogP) is 0.912. The van der Waals surface area contributed by atoms with E-state index in [1.165, 1.54) is 0 Å². The van der Waals surface area contributed by atoms with E-state index in [1.807, 2.05) is 32.8 Å². The van der Waals surface area contributed by atoms with Gasteiger partial charge in [-0.05, 0) is 41.3 Å². The normalized spacial score (nSPS) is 17.0. The number of rotatable bonds is 6. The molecule has 0 bridgehead atoms. The number of amides is 1. The second kappa shape index (κ2) is 6.21. The molecule has 0 aromatic rings. The highest BCUT2D eigenvalue weighted by Crippen LogP contribution is 2.12. The van der Waals surface area contributed by atoms with Crippen molar-refractivity contribution in [3.05, 3.63) is 0 Å². The first-order chi connectivity index (χ1) is 7.26. The van der Waals surface area contributed by atoms with Crippen molar-refractivity contribution in [3.8, 4) is 0 Å². The third kappa shape index (κ3) is 4.10. The van der Waals surface area contributed by atoms with Gasteiger partial charge < -0.3 is 15.5 Å². The molecule has 1 amide bonds. The Morgan fingerprint density at radius 3 is 2.19 bits per heavy atom. The van der Waals surface area contributed by atoms with Crippen molar-refractivity contribution < 1.29 is 4.79 Å². The van der Waals surface area contributed by atoms with Crippen LogP contribution in [0.5, 0.6) is 0 Å². The first-order valence-corrected chi connectivity index (χ1v) is 6.00. The quantitative estimate of drug-likeness (QED) is 0.736. The molecule has 0 saturated heterocycles. The molecule has 0 rings (SSSR count). The van der Waals surface area contributed by atoms with Gasteiger partial charge in [0.1, 0.15) is 0 Å². The molecule has 4 heteroatoms. The fraction of sp³-hybridized carbons (Fsp3) is 0.917. The van der Waals surface area contributed by atoms with E-state index >= 15 is 0 Å². The average molecular weight is 229 g/mol. The Morgan fingerprint density at radius 1 is 1.38 bits per heavy atom. The van der Waals surface area contributed by atoms with Gasteiger partial charge in [0, 0.05) is 19.1 Å². The van der Waals surface area contributed by atoms with Gasteiger partial charge in [0.05, 0.1) is 5.54 Å². The smallest absolute Gasteiger partial charge is 0.242 e. The zero-order valence-electron chi connectivity index (χ0n) is 11.6. The van der Waals surface area contributed by atoms with E-state index in [4.69, 9.17) is 5.73 Å². The summed E-state index contributed by atoms with van der Waals surface area (Å²) < 4.78 is 0. The van der Waals surface area contributed by atoms with Gasteiger partial charge in [-0.1, -0.05) is 6.92 Å². The summed E-state index contributed by atoms with van der Waals surface area (Å²) in [5.41, 5.74) is 5.26. The van der Waals surface area contributed by atoms with Crippen LogP contribution in [-0.4, -0.2) is 54.5 Å². The van der Waals surface area contributed by atoms with Crippen LogP contribution in [0.2, 0.25) is 0 Å². The highest BCUT2D eigenvalue weighted by Gasteiger charge is 2.32. The summed E-state index contributed by atoms with van der Waals surface area (Å²) in [7, 11) is 4.02. The molecule has 0 spiro atoms. The maximum Gasteiger partial charge on any atom is 0.242 e. The van der Waals surface area contributed by atoms with Crippen molar-refractivity contribution in [2.45, 2.75) is 45.7 Å². The summed E-state index contributed by atoms with van der Waals surface area (Å²) in [6.45, 7) is 9.38. The van der Waals surface area contributed by atoms with E-state index < -0.39 is 5.54 Å². The molecule has 0 aliphatic carbocycles. The number of carbonyl (C=O) groups excluding carboxylic acids is 1. The van der Waals surface area contributed by atoms with Gasteiger partial charge in [0.15, 0.2) is 0 Å². The average Bonchev–Trinajstić information content (AvgIpc) is 2.17. The summed E-state index contributed by atoms with van der Waals surface area (Å²) in [6, 6.07) is 0.196. The number of nitrogens with two attached hydrogens (primary N) is 1. The topological polar surface area (TPSA) is 49.6 Å². The van der Waals surface area contributed by atoms with Crippen molar-refractivity contribution in [2.75, 3.05) is 27.2 Å². The molecule has 0 aliphatic rings. The fourth-order valence-electron chi connectivity index (χ4n) is 1.76. The molecule has 2 N–H and O–H groups in total. The Kier molecular flexibility index (Phi) is 5.97. The van der Waals surface area contributed by atoms with Crippen LogP contribution in [0.25, 0.3) is 0 Å². The molecular formula is C12H27N3O. The van der Waals surface area contributed by atoms with Gasteiger partial charge in [-0.3, -0.25) is 4.79 Å². The summed E-state index contributed by atoms with van der Waals surface area (Å²) in [4.78, 5) is 16.2. The lowest BCUT2D eigenvalue weighted by molar-refractivity contribution is -0.138. The Balaban J connectivity index is 4.66. The van der Waals surface area contributed by atoms with E-state index in [9.17, 15) is 4.79 Å². The molecule has 16 heavy (non-hydrogen) atoms. The van der Waals surface area contributed by atoms with Crippen molar-refractivity contribution in [1.82, 2.24) is 9.80 Å². The summed E-state index contributed by atoms with van der Waals surface area (Å²) in [5.74, 6) is 0.0480. The molecular weight excluding hydrogens is 202 g/mol. The molecule has 0 aliphatic heterocycles. The van der Waals surface area contributed by atoms with Gasteiger partial charge >= 0.3 is 0 Å². The monoisotopic (exact) mass is 229 g/mol. The zero-order valence-corrected chi connectivity index (χ0v) is 11.6. The molecule has 0 saturated carbocycles. The van der Waals surface area contributed by atoms with E-state index in [1.54, 1.807) is 6.92 Å². The number of hydrogen-bond acceptors (Lipinski definition) is 3. The van der Waals surface area contributed by atoms with E-state index in [2.05, 4.69) is 11.8 Å². The molecule has 0 heterocycles. The van der Waals surface area contributed by atoms with Crippen LogP contribution in [-0.2, 0) is 4.79 Å². The SMILES string of the molecule is CCN(C(=O)C(C)(N)CC)C(C)CN(C)C. The maximum absolute atomic E-state index is 12.2. The van der Waals surface area contributed by atoms with Crippen LogP contribution in [0.3, 0.4) is 0 Å². The van der Waals surface area contributed by atoms with Crippen LogP contribution >= 0.6 is 0 Å². The van der Waals surface area contributed by atoms with Crippen molar-refractivity contribution in [3.63, 3.8) is 0 Å². The Bertz CT molecular complexity index is 226. The van der Waals surface area contributed by atoms with Gasteiger partial charge in [0.2, 0.25) is 5.91 Å². The molecule has 0 fully saturated rings. The third-order valence-electron chi connectivity index (χ3n) is 2.99. The van der Waals surface area contributed by atoms with Crippen LogP contribution < -0.4 is 5.73 Å². The second-order valence-electron chi connectivity index (χ2n) is 4.97. The maximum atomic E-state index is 12.2. The third-order valence-corrected chi connectivity index (χ3v) is 2.99. The summed E-state index contributed by atoms with van der Waals surface area (Å²) in [5, 5.41) is 0. The minimum atomic E-state index is -0.740. The van der Waals surface area contributed by atoms with Crippen molar-refractivity contribution in [1.29, 1.82) is 0 Å². The number of hydrogen-bond donors (Lipinski definition) is 1. The van der Waals surface area contributed by atoms with E-state index in [-0.39, 0.29) is 11.9 Å². The minimum absolute atomic E-state index is 0.0480. The number of likely N-dealkylation sites (N-methyl/N-ethyl adjacent to an activating group) is 2. The van der Waals surface area contributed by atoms with Gasteiger partial charge in [-0.25, -0.2) is 0 Å². The highest BCUT2D eigenvalue weighted by atomic mass is 16.2. The molecule has 0 aromatic carbocycles. The summed E-state index contributed by atoms with van der Waals surface area (Å²) in [6.07, 6.45) is 0.664. The van der Waals surface area contributed by atoms with Crippen molar-refractivity contribution in [2.24, 2.45) is 5.73 Å². The first kappa shape index (κ1) is 15.4. The van der Waals surface area contributed by atoms with E-state index in [0.717, 1.165) is 6.54 Å². The number of nitrogens with zero attached hydrogens (tertiary/aromatic N) is 2. The van der Waals surface area contributed by atoms with Gasteiger partial charge in [-0.15, -0.1) is 0 Å². The Hall–Kier alpha value is -0.610. The Labute approximate surface area is 99.8 Å². The molecule has 0 aromatic heterocycles. The molecule has 4 nitrogen and oxygen atoms in total. The highest BCUT2D eigenvalue weighted by molar-refractivity contribution is 5.85. The van der Waals surface area contributed by atoms with E-state index in [0.29, 0.717) is 13.0 Å². The van der Waals surface area contributed by atoms with Gasteiger partial charge in [0.25, 0.3) is 0 Å². The minimum Gasteiger partial charge on any atom is -0.337 e. The van der Waals surface area contributed by atoms with Crippen molar-refractivity contribution >= 4 is 5.91 Å². The van der Waals surface area contributed by atoms with Crippen LogP contribution in [0.1, 0.15) is 34.1 Å². The largest absolute Gasteiger partial charge is 0.337 e. The lowest BCUT2D eigenvalue weighted by Gasteiger charge is -2.35. The predicted molar refractivity (Wildman–Crippen MR) is 68.3 cm³/mol.